The van der Waals surface area contributed by atoms with Crippen molar-refractivity contribution >= 4 is 21.6 Å². The second-order valence-electron chi connectivity index (χ2n) is 4.69. The van der Waals surface area contributed by atoms with Crippen LogP contribution in [-0.4, -0.2) is 27.9 Å². The van der Waals surface area contributed by atoms with Crippen molar-refractivity contribution in [3.8, 4) is 0 Å². The third-order valence-electron chi connectivity index (χ3n) is 3.23. The summed E-state index contributed by atoms with van der Waals surface area (Å²) in [4.78, 5) is 11.9. The fourth-order valence-corrected chi connectivity index (χ4v) is 3.19. The van der Waals surface area contributed by atoms with Gasteiger partial charge in [0, 0.05) is 19.2 Å². The molecule has 1 amide bonds. The minimum Gasteiger partial charge on any atom is -0.352 e. The molecule has 2 rings (SSSR count). The molecule has 0 spiro atoms. The van der Waals surface area contributed by atoms with Gasteiger partial charge in [0.15, 0.2) is 0 Å². The van der Waals surface area contributed by atoms with Crippen LogP contribution in [-0.2, 0) is 10.0 Å². The summed E-state index contributed by atoms with van der Waals surface area (Å²) in [7, 11) is -2.11. The van der Waals surface area contributed by atoms with Crippen LogP contribution in [0, 0.1) is 0 Å². The van der Waals surface area contributed by atoms with Gasteiger partial charge in [-0.2, -0.15) is 0 Å². The Labute approximate surface area is 130 Å². The van der Waals surface area contributed by atoms with Crippen LogP contribution in [0.15, 0.2) is 59.5 Å². The lowest BCUT2D eigenvalue weighted by Gasteiger charge is -2.19. The van der Waals surface area contributed by atoms with E-state index in [1.807, 2.05) is 6.92 Å². The number of hydrogen-bond donors (Lipinski definition) is 1. The first-order valence-corrected chi connectivity index (χ1v) is 8.33. The van der Waals surface area contributed by atoms with Crippen LogP contribution in [0.5, 0.6) is 0 Å². The summed E-state index contributed by atoms with van der Waals surface area (Å²) >= 11 is 0. The predicted octanol–water partition coefficient (Wildman–Crippen LogP) is 2.26. The number of carbonyl (C=O) groups excluding carboxylic acids is 1. The van der Waals surface area contributed by atoms with Crippen molar-refractivity contribution in [2.75, 3.05) is 17.9 Å². The Bertz CT molecular complexity index is 741. The van der Waals surface area contributed by atoms with Crippen LogP contribution in [0.3, 0.4) is 0 Å². The van der Waals surface area contributed by atoms with Crippen molar-refractivity contribution < 1.29 is 13.2 Å². The van der Waals surface area contributed by atoms with E-state index < -0.39 is 10.0 Å². The second kappa shape index (κ2) is 6.62. The molecule has 116 valence electrons. The van der Waals surface area contributed by atoms with Crippen molar-refractivity contribution in [3.05, 3.63) is 60.2 Å². The number of benzene rings is 2. The monoisotopic (exact) mass is 318 g/mol. The van der Waals surface area contributed by atoms with E-state index in [-0.39, 0.29) is 10.8 Å². The largest absolute Gasteiger partial charge is 0.352 e. The fraction of sp³-hybridized carbons (Fsp3) is 0.188. The van der Waals surface area contributed by atoms with Crippen molar-refractivity contribution in [1.82, 2.24) is 5.32 Å². The number of carbonyl (C=O) groups is 1. The molecule has 0 aliphatic carbocycles. The van der Waals surface area contributed by atoms with E-state index in [0.717, 1.165) is 0 Å². The first-order chi connectivity index (χ1) is 10.5. The zero-order valence-electron chi connectivity index (χ0n) is 12.5. The van der Waals surface area contributed by atoms with Crippen LogP contribution in [0.4, 0.5) is 5.69 Å². The molecule has 0 aromatic heterocycles. The minimum atomic E-state index is -3.60. The zero-order chi connectivity index (χ0) is 16.2. The van der Waals surface area contributed by atoms with Crippen LogP contribution >= 0.6 is 0 Å². The molecule has 0 unspecified atom stereocenters. The van der Waals surface area contributed by atoms with E-state index in [1.54, 1.807) is 54.6 Å². The number of nitrogens with one attached hydrogen (secondary N) is 1. The molecule has 5 nitrogen and oxygen atoms in total. The van der Waals surface area contributed by atoms with Gasteiger partial charge in [-0.1, -0.05) is 18.2 Å². The summed E-state index contributed by atoms with van der Waals surface area (Å²) in [5, 5.41) is 2.70. The van der Waals surface area contributed by atoms with Crippen molar-refractivity contribution in [3.63, 3.8) is 0 Å². The van der Waals surface area contributed by atoms with Gasteiger partial charge in [-0.3, -0.25) is 9.10 Å². The molecule has 0 saturated carbocycles. The lowest BCUT2D eigenvalue weighted by molar-refractivity contribution is 0.0956. The van der Waals surface area contributed by atoms with Crippen molar-refractivity contribution in [2.45, 2.75) is 11.8 Å². The van der Waals surface area contributed by atoms with Gasteiger partial charge in [-0.25, -0.2) is 8.42 Å². The molecule has 6 heteroatoms. The summed E-state index contributed by atoms with van der Waals surface area (Å²) < 4.78 is 26.2. The van der Waals surface area contributed by atoms with Gasteiger partial charge in [0.1, 0.15) is 0 Å². The van der Waals surface area contributed by atoms with Gasteiger partial charge < -0.3 is 5.32 Å². The average Bonchev–Trinajstić information content (AvgIpc) is 2.55. The summed E-state index contributed by atoms with van der Waals surface area (Å²) in [6.07, 6.45) is 0. The smallest absolute Gasteiger partial charge is 0.264 e. The Hall–Kier alpha value is -2.34. The molecule has 0 atom stereocenters. The van der Waals surface area contributed by atoms with Crippen molar-refractivity contribution in [2.24, 2.45) is 0 Å². The SMILES string of the molecule is CCNC(=O)c1ccc(N(C)S(=O)(=O)c2ccccc2)cc1. The maximum Gasteiger partial charge on any atom is 0.264 e. The van der Waals surface area contributed by atoms with Crippen LogP contribution in [0.25, 0.3) is 0 Å². The van der Waals surface area contributed by atoms with Gasteiger partial charge >= 0.3 is 0 Å². The highest BCUT2D eigenvalue weighted by atomic mass is 32.2. The maximum atomic E-state index is 12.5. The molecular formula is C16H18N2O3S. The summed E-state index contributed by atoms with van der Waals surface area (Å²) in [5.74, 6) is -0.178. The van der Waals surface area contributed by atoms with Crippen LogP contribution in [0.1, 0.15) is 17.3 Å². The highest BCUT2D eigenvalue weighted by Crippen LogP contribution is 2.22. The number of nitrogens with zero attached hydrogens (tertiary/aromatic N) is 1. The van der Waals surface area contributed by atoms with Gasteiger partial charge in [0.25, 0.3) is 15.9 Å². The van der Waals surface area contributed by atoms with E-state index in [1.165, 1.54) is 11.4 Å². The van der Waals surface area contributed by atoms with E-state index >= 15 is 0 Å². The highest BCUT2D eigenvalue weighted by Gasteiger charge is 2.20. The molecule has 0 aliphatic heterocycles. The summed E-state index contributed by atoms with van der Waals surface area (Å²) in [6, 6.07) is 14.7. The molecule has 0 saturated heterocycles. The normalized spacial score (nSPS) is 11.0. The van der Waals surface area contributed by atoms with Crippen LogP contribution in [0.2, 0.25) is 0 Å². The second-order valence-corrected chi connectivity index (χ2v) is 6.66. The third kappa shape index (κ3) is 3.28. The Balaban J connectivity index is 2.27. The zero-order valence-corrected chi connectivity index (χ0v) is 13.3. The van der Waals surface area contributed by atoms with E-state index in [0.29, 0.717) is 17.8 Å². The quantitative estimate of drug-likeness (QED) is 0.919. The third-order valence-corrected chi connectivity index (χ3v) is 5.03. The van der Waals surface area contributed by atoms with Gasteiger partial charge in [-0.15, -0.1) is 0 Å². The number of sulfonamides is 1. The lowest BCUT2D eigenvalue weighted by atomic mass is 10.2. The molecule has 0 radical (unpaired) electrons. The summed E-state index contributed by atoms with van der Waals surface area (Å²) in [5.41, 5.74) is 0.994. The Kier molecular flexibility index (Phi) is 4.82. The standard InChI is InChI=1S/C16H18N2O3S/c1-3-17-16(19)13-9-11-14(12-10-13)18(2)22(20,21)15-7-5-4-6-8-15/h4-12H,3H2,1-2H3,(H,17,19). The Morgan fingerprint density at radius 2 is 1.64 bits per heavy atom. The topological polar surface area (TPSA) is 66.5 Å². The van der Waals surface area contributed by atoms with Crippen molar-refractivity contribution in [1.29, 1.82) is 0 Å². The predicted molar refractivity (Wildman–Crippen MR) is 86.5 cm³/mol. The van der Waals surface area contributed by atoms with Gasteiger partial charge in [0.05, 0.1) is 10.6 Å². The van der Waals surface area contributed by atoms with E-state index in [9.17, 15) is 13.2 Å². The number of amides is 1. The van der Waals surface area contributed by atoms with Gasteiger partial charge in [0.2, 0.25) is 0 Å². The Morgan fingerprint density at radius 1 is 1.05 bits per heavy atom. The average molecular weight is 318 g/mol. The maximum absolute atomic E-state index is 12.5. The van der Waals surface area contributed by atoms with Gasteiger partial charge in [-0.05, 0) is 43.3 Å². The minimum absolute atomic E-state index is 0.178. The molecule has 0 aliphatic rings. The molecule has 2 aromatic rings. The summed E-state index contributed by atoms with van der Waals surface area (Å²) in [6.45, 7) is 2.38. The lowest BCUT2D eigenvalue weighted by Crippen LogP contribution is -2.27. The van der Waals surface area contributed by atoms with E-state index in [2.05, 4.69) is 5.32 Å². The molecule has 1 N–H and O–H groups in total. The number of rotatable bonds is 5. The first-order valence-electron chi connectivity index (χ1n) is 6.89. The molecular weight excluding hydrogens is 300 g/mol. The van der Waals surface area contributed by atoms with E-state index in [4.69, 9.17) is 0 Å². The highest BCUT2D eigenvalue weighted by molar-refractivity contribution is 7.92. The molecule has 0 fully saturated rings. The Morgan fingerprint density at radius 3 is 2.18 bits per heavy atom. The number of anilines is 1. The number of hydrogen-bond acceptors (Lipinski definition) is 3. The molecule has 0 heterocycles. The first kappa shape index (κ1) is 16.0. The van der Waals surface area contributed by atoms with Crippen LogP contribution < -0.4 is 9.62 Å². The molecule has 2 aromatic carbocycles. The fourth-order valence-electron chi connectivity index (χ4n) is 1.97. The molecule has 0 bridgehead atoms. The molecule has 22 heavy (non-hydrogen) atoms.